The van der Waals surface area contributed by atoms with Crippen molar-refractivity contribution in [3.63, 3.8) is 0 Å². The Labute approximate surface area is 120 Å². The molecule has 2 N–H and O–H groups in total. The SMILES string of the molecule is CC1CN(C(=O)NCCC2CCCCC2)CC1C(=O)O. The number of aliphatic carboxylic acids is 1. The zero-order valence-corrected chi connectivity index (χ0v) is 12.3. The van der Waals surface area contributed by atoms with Gasteiger partial charge in [-0.2, -0.15) is 0 Å². The van der Waals surface area contributed by atoms with Crippen LogP contribution >= 0.6 is 0 Å². The Balaban J connectivity index is 1.68. The van der Waals surface area contributed by atoms with Crippen LogP contribution < -0.4 is 5.32 Å². The quantitative estimate of drug-likeness (QED) is 0.831. The molecule has 2 amide bonds. The molecule has 2 atom stereocenters. The minimum Gasteiger partial charge on any atom is -0.481 e. The summed E-state index contributed by atoms with van der Waals surface area (Å²) in [5.74, 6) is -0.418. The van der Waals surface area contributed by atoms with Crippen LogP contribution in [0.25, 0.3) is 0 Å². The van der Waals surface area contributed by atoms with Gasteiger partial charge < -0.3 is 15.3 Å². The van der Waals surface area contributed by atoms with Gasteiger partial charge in [0.2, 0.25) is 0 Å². The molecule has 1 aliphatic heterocycles. The van der Waals surface area contributed by atoms with E-state index in [2.05, 4.69) is 5.32 Å². The Kier molecular flexibility index (Phi) is 5.26. The van der Waals surface area contributed by atoms with Gasteiger partial charge in [-0.1, -0.05) is 39.0 Å². The van der Waals surface area contributed by atoms with E-state index in [1.54, 1.807) is 4.90 Å². The highest BCUT2D eigenvalue weighted by molar-refractivity contribution is 5.77. The van der Waals surface area contributed by atoms with Gasteiger partial charge in [0.05, 0.1) is 5.92 Å². The monoisotopic (exact) mass is 282 g/mol. The Bertz CT molecular complexity index is 353. The molecule has 114 valence electrons. The maximum absolute atomic E-state index is 12.0. The maximum Gasteiger partial charge on any atom is 0.317 e. The molecule has 1 saturated heterocycles. The summed E-state index contributed by atoms with van der Waals surface area (Å²) in [4.78, 5) is 24.7. The summed E-state index contributed by atoms with van der Waals surface area (Å²) in [6.07, 6.45) is 7.63. The number of urea groups is 1. The molecule has 1 aliphatic carbocycles. The molecule has 0 aromatic rings. The van der Waals surface area contributed by atoms with E-state index in [0.29, 0.717) is 19.6 Å². The molecule has 0 spiro atoms. The first-order valence-corrected chi connectivity index (χ1v) is 7.83. The standard InChI is InChI=1S/C15H26N2O3/c1-11-9-17(10-13(11)14(18)19)15(20)16-8-7-12-5-3-2-4-6-12/h11-13H,2-10H2,1H3,(H,16,20)(H,18,19). The van der Waals surface area contributed by atoms with Gasteiger partial charge in [0.25, 0.3) is 0 Å². The number of nitrogens with zero attached hydrogens (tertiary/aromatic N) is 1. The Morgan fingerprint density at radius 2 is 1.90 bits per heavy atom. The largest absolute Gasteiger partial charge is 0.481 e. The van der Waals surface area contributed by atoms with Crippen molar-refractivity contribution in [2.24, 2.45) is 17.8 Å². The number of likely N-dealkylation sites (tertiary alicyclic amines) is 1. The van der Waals surface area contributed by atoms with Gasteiger partial charge in [0.15, 0.2) is 0 Å². The van der Waals surface area contributed by atoms with E-state index in [0.717, 1.165) is 12.3 Å². The highest BCUT2D eigenvalue weighted by Gasteiger charge is 2.36. The van der Waals surface area contributed by atoms with Crippen molar-refractivity contribution >= 4 is 12.0 Å². The smallest absolute Gasteiger partial charge is 0.317 e. The van der Waals surface area contributed by atoms with Gasteiger partial charge in [0.1, 0.15) is 0 Å². The summed E-state index contributed by atoms with van der Waals surface area (Å²) < 4.78 is 0. The van der Waals surface area contributed by atoms with Crippen LogP contribution in [0.4, 0.5) is 4.79 Å². The summed E-state index contributed by atoms with van der Waals surface area (Å²) in [5, 5.41) is 12.0. The normalized spacial score (nSPS) is 27.6. The van der Waals surface area contributed by atoms with Gasteiger partial charge in [-0.05, 0) is 18.3 Å². The second kappa shape index (κ2) is 6.95. The first-order valence-electron chi connectivity index (χ1n) is 7.83. The Morgan fingerprint density at radius 3 is 2.50 bits per heavy atom. The highest BCUT2D eigenvalue weighted by Crippen LogP contribution is 2.26. The average molecular weight is 282 g/mol. The minimum atomic E-state index is -0.796. The van der Waals surface area contributed by atoms with Crippen LogP contribution in [0.1, 0.15) is 45.4 Å². The first-order chi connectivity index (χ1) is 9.58. The zero-order valence-electron chi connectivity index (χ0n) is 12.3. The van der Waals surface area contributed by atoms with Gasteiger partial charge in [-0.25, -0.2) is 4.79 Å². The van der Waals surface area contributed by atoms with Crippen LogP contribution in [0, 0.1) is 17.8 Å². The Hall–Kier alpha value is -1.26. The van der Waals surface area contributed by atoms with E-state index in [1.165, 1.54) is 32.1 Å². The van der Waals surface area contributed by atoms with E-state index in [4.69, 9.17) is 5.11 Å². The van der Waals surface area contributed by atoms with E-state index >= 15 is 0 Å². The maximum atomic E-state index is 12.0. The van der Waals surface area contributed by atoms with Crippen molar-refractivity contribution in [3.8, 4) is 0 Å². The lowest BCUT2D eigenvalue weighted by Crippen LogP contribution is -2.39. The van der Waals surface area contributed by atoms with Crippen LogP contribution in [-0.2, 0) is 4.79 Å². The fourth-order valence-electron chi connectivity index (χ4n) is 3.42. The number of carboxylic acids is 1. The second-order valence-corrected chi connectivity index (χ2v) is 6.35. The van der Waals surface area contributed by atoms with Crippen molar-refractivity contribution in [1.82, 2.24) is 10.2 Å². The molecule has 2 aliphatic rings. The number of carbonyl (C=O) groups is 2. The van der Waals surface area contributed by atoms with Crippen LogP contribution in [0.5, 0.6) is 0 Å². The molecule has 5 nitrogen and oxygen atoms in total. The van der Waals surface area contributed by atoms with Crippen LogP contribution in [0.15, 0.2) is 0 Å². The van der Waals surface area contributed by atoms with E-state index in [-0.39, 0.29) is 11.9 Å². The third-order valence-corrected chi connectivity index (χ3v) is 4.77. The van der Waals surface area contributed by atoms with Gasteiger partial charge >= 0.3 is 12.0 Å². The predicted octanol–water partition coefficient (Wildman–Crippen LogP) is 2.32. The summed E-state index contributed by atoms with van der Waals surface area (Å²) in [7, 11) is 0. The van der Waals surface area contributed by atoms with Crippen LogP contribution in [-0.4, -0.2) is 41.6 Å². The molecule has 1 heterocycles. The van der Waals surface area contributed by atoms with Crippen molar-refractivity contribution in [3.05, 3.63) is 0 Å². The second-order valence-electron chi connectivity index (χ2n) is 6.35. The molecule has 0 radical (unpaired) electrons. The highest BCUT2D eigenvalue weighted by atomic mass is 16.4. The molecular weight excluding hydrogens is 256 g/mol. The lowest BCUT2D eigenvalue weighted by atomic mass is 9.87. The molecular formula is C15H26N2O3. The lowest BCUT2D eigenvalue weighted by Gasteiger charge is -2.22. The summed E-state index contributed by atoms with van der Waals surface area (Å²) >= 11 is 0. The molecule has 1 saturated carbocycles. The van der Waals surface area contributed by atoms with Crippen LogP contribution in [0.2, 0.25) is 0 Å². The molecule has 0 aromatic carbocycles. The third-order valence-electron chi connectivity index (χ3n) is 4.77. The molecule has 5 heteroatoms. The van der Waals surface area contributed by atoms with Crippen molar-refractivity contribution < 1.29 is 14.7 Å². The van der Waals surface area contributed by atoms with E-state index < -0.39 is 11.9 Å². The van der Waals surface area contributed by atoms with E-state index in [1.807, 2.05) is 6.92 Å². The number of carbonyl (C=O) groups excluding carboxylic acids is 1. The molecule has 2 unspecified atom stereocenters. The average Bonchev–Trinajstić information content (AvgIpc) is 2.82. The van der Waals surface area contributed by atoms with E-state index in [9.17, 15) is 9.59 Å². The predicted molar refractivity (Wildman–Crippen MR) is 76.5 cm³/mol. The molecule has 0 aromatic heterocycles. The molecule has 2 rings (SSSR count). The number of hydrogen-bond donors (Lipinski definition) is 2. The molecule has 0 bridgehead atoms. The zero-order chi connectivity index (χ0) is 14.5. The number of rotatable bonds is 4. The Morgan fingerprint density at radius 1 is 1.20 bits per heavy atom. The first kappa shape index (κ1) is 15.1. The summed E-state index contributed by atoms with van der Waals surface area (Å²) in [6.45, 7) is 3.50. The van der Waals surface area contributed by atoms with Crippen LogP contribution in [0.3, 0.4) is 0 Å². The topological polar surface area (TPSA) is 69.6 Å². The molecule has 20 heavy (non-hydrogen) atoms. The summed E-state index contributed by atoms with van der Waals surface area (Å²) in [6, 6.07) is -0.101. The minimum absolute atomic E-state index is 0.0385. The van der Waals surface area contributed by atoms with Gasteiger partial charge in [-0.3, -0.25) is 4.79 Å². The number of nitrogens with one attached hydrogen (secondary N) is 1. The molecule has 2 fully saturated rings. The number of amides is 2. The van der Waals surface area contributed by atoms with Gasteiger partial charge in [-0.15, -0.1) is 0 Å². The lowest BCUT2D eigenvalue weighted by molar-refractivity contribution is -0.142. The fraction of sp³-hybridized carbons (Fsp3) is 0.867. The third kappa shape index (κ3) is 3.87. The number of carboxylic acid groups (broad SMARTS) is 1. The summed E-state index contributed by atoms with van der Waals surface area (Å²) in [5.41, 5.74) is 0. The van der Waals surface area contributed by atoms with Gasteiger partial charge in [0, 0.05) is 19.6 Å². The van der Waals surface area contributed by atoms with Crippen molar-refractivity contribution in [1.29, 1.82) is 0 Å². The fourth-order valence-corrected chi connectivity index (χ4v) is 3.42. The van der Waals surface area contributed by atoms with Crippen molar-refractivity contribution in [2.45, 2.75) is 45.4 Å². The number of hydrogen-bond acceptors (Lipinski definition) is 2. The van der Waals surface area contributed by atoms with Crippen molar-refractivity contribution in [2.75, 3.05) is 19.6 Å².